The second kappa shape index (κ2) is 7.11. The average molecular weight is 241 g/mol. The summed E-state index contributed by atoms with van der Waals surface area (Å²) in [4.78, 5) is 32.6. The van der Waals surface area contributed by atoms with Crippen LogP contribution in [0.4, 0.5) is 4.79 Å². The van der Waals surface area contributed by atoms with Crippen molar-refractivity contribution >= 4 is 17.9 Å². The molecule has 0 bridgehead atoms. The minimum atomic E-state index is -1.36. The molecule has 7 nitrogen and oxygen atoms in total. The molecule has 0 saturated carbocycles. The van der Waals surface area contributed by atoms with Gasteiger partial charge in [0, 0.05) is 0 Å². The van der Waals surface area contributed by atoms with Crippen molar-refractivity contribution in [2.45, 2.75) is 31.8 Å². The zero-order valence-electron chi connectivity index (χ0n) is 9.40. The smallest absolute Gasteiger partial charge is 0.326 e. The third-order valence-electron chi connectivity index (χ3n) is 1.92. The van der Waals surface area contributed by atoms with E-state index in [0.29, 0.717) is 6.42 Å². The van der Waals surface area contributed by atoms with Crippen molar-refractivity contribution in [3.05, 3.63) is 0 Å². The van der Waals surface area contributed by atoms with Gasteiger partial charge in [-0.2, -0.15) is 0 Å². The van der Waals surface area contributed by atoms with E-state index >= 15 is 0 Å². The summed E-state index contributed by atoms with van der Waals surface area (Å²) in [6, 6.07) is -2.59. The highest BCUT2D eigenvalue weighted by atomic mass is 16.4. The van der Waals surface area contributed by atoms with E-state index in [0.717, 1.165) is 0 Å². The standard InChI is InChI=1S/C10H15N3O4/c1-3-6(4-2)12-10(17)13-7(9(15)16)5-8(11)14/h1,6-7H,4-5H2,2H3,(H2,11,14)(H,15,16)(H2,12,13,17). The van der Waals surface area contributed by atoms with Crippen LogP contribution in [0.5, 0.6) is 0 Å². The molecule has 0 radical (unpaired) electrons. The number of carboxylic acids is 1. The van der Waals surface area contributed by atoms with Crippen LogP contribution >= 0.6 is 0 Å². The molecule has 2 unspecified atom stereocenters. The zero-order valence-corrected chi connectivity index (χ0v) is 9.40. The molecule has 0 rings (SSSR count). The van der Waals surface area contributed by atoms with Crippen molar-refractivity contribution in [1.82, 2.24) is 10.6 Å². The second-order valence-electron chi connectivity index (χ2n) is 3.31. The number of carboxylic acid groups (broad SMARTS) is 1. The Bertz CT molecular complexity index is 348. The molecule has 0 aliphatic rings. The molecule has 3 amide bonds. The first kappa shape index (κ1) is 14.8. The normalized spacial score (nSPS) is 12.9. The molecule has 0 fully saturated rings. The van der Waals surface area contributed by atoms with Crippen LogP contribution in [0.3, 0.4) is 0 Å². The minimum absolute atomic E-state index is 0.477. The van der Waals surface area contributed by atoms with Gasteiger partial charge in [0.2, 0.25) is 5.91 Å². The quantitative estimate of drug-likeness (QED) is 0.447. The highest BCUT2D eigenvalue weighted by molar-refractivity contribution is 5.87. The lowest BCUT2D eigenvalue weighted by atomic mass is 10.2. The first-order valence-electron chi connectivity index (χ1n) is 4.95. The molecule has 17 heavy (non-hydrogen) atoms. The van der Waals surface area contributed by atoms with E-state index in [4.69, 9.17) is 17.3 Å². The summed E-state index contributed by atoms with van der Waals surface area (Å²) in [7, 11) is 0. The van der Waals surface area contributed by atoms with Crippen molar-refractivity contribution < 1.29 is 19.5 Å². The predicted octanol–water partition coefficient (Wildman–Crippen LogP) is -0.974. The Balaban J connectivity index is 4.36. The van der Waals surface area contributed by atoms with Gasteiger partial charge in [-0.25, -0.2) is 9.59 Å². The Kier molecular flexibility index (Phi) is 6.18. The zero-order chi connectivity index (χ0) is 13.4. The van der Waals surface area contributed by atoms with Gasteiger partial charge in [0.05, 0.1) is 12.5 Å². The molecule has 5 N–H and O–H groups in total. The van der Waals surface area contributed by atoms with Crippen LogP contribution in [-0.4, -0.2) is 35.1 Å². The molecule has 0 saturated heterocycles. The lowest BCUT2D eigenvalue weighted by Crippen LogP contribution is -2.49. The van der Waals surface area contributed by atoms with Crippen molar-refractivity contribution in [1.29, 1.82) is 0 Å². The van der Waals surface area contributed by atoms with Crippen molar-refractivity contribution in [3.8, 4) is 12.3 Å². The summed E-state index contributed by atoms with van der Waals surface area (Å²) in [6.45, 7) is 1.77. The lowest BCUT2D eigenvalue weighted by molar-refractivity contribution is -0.140. The van der Waals surface area contributed by atoms with Crippen LogP contribution in [0, 0.1) is 12.3 Å². The maximum Gasteiger partial charge on any atom is 0.326 e. The van der Waals surface area contributed by atoms with Gasteiger partial charge < -0.3 is 21.5 Å². The van der Waals surface area contributed by atoms with Gasteiger partial charge in [0.25, 0.3) is 0 Å². The van der Waals surface area contributed by atoms with Crippen molar-refractivity contribution in [2.75, 3.05) is 0 Å². The van der Waals surface area contributed by atoms with Crippen molar-refractivity contribution in [2.24, 2.45) is 5.73 Å². The first-order chi connectivity index (χ1) is 7.90. The topological polar surface area (TPSA) is 122 Å². The predicted molar refractivity (Wildman–Crippen MR) is 59.8 cm³/mol. The highest BCUT2D eigenvalue weighted by Gasteiger charge is 2.22. The largest absolute Gasteiger partial charge is 0.480 e. The van der Waals surface area contributed by atoms with Crippen LogP contribution < -0.4 is 16.4 Å². The summed E-state index contributed by atoms with van der Waals surface area (Å²) in [5, 5.41) is 13.2. The molecule has 0 aromatic heterocycles. The SMILES string of the molecule is C#CC(CC)NC(=O)NC(CC(N)=O)C(=O)O. The van der Waals surface area contributed by atoms with Gasteiger partial charge >= 0.3 is 12.0 Å². The van der Waals surface area contributed by atoms with Crippen LogP contribution in [-0.2, 0) is 9.59 Å². The van der Waals surface area contributed by atoms with E-state index in [1.807, 2.05) is 0 Å². The van der Waals surface area contributed by atoms with E-state index in [1.165, 1.54) is 0 Å². The summed E-state index contributed by atoms with van der Waals surface area (Å²) in [5.41, 5.74) is 4.85. The number of terminal acetylenes is 1. The fourth-order valence-corrected chi connectivity index (χ4v) is 1.02. The van der Waals surface area contributed by atoms with Gasteiger partial charge in [-0.15, -0.1) is 6.42 Å². The van der Waals surface area contributed by atoms with Gasteiger partial charge in [-0.3, -0.25) is 4.79 Å². The number of aliphatic carboxylic acids is 1. The Labute approximate surface area is 98.7 Å². The molecule has 7 heteroatoms. The third-order valence-corrected chi connectivity index (χ3v) is 1.92. The Morgan fingerprint density at radius 2 is 2.00 bits per heavy atom. The van der Waals surface area contributed by atoms with E-state index in [2.05, 4.69) is 16.6 Å². The van der Waals surface area contributed by atoms with Gasteiger partial charge in [-0.05, 0) is 6.42 Å². The number of hydrogen-bond acceptors (Lipinski definition) is 3. The van der Waals surface area contributed by atoms with E-state index < -0.39 is 36.4 Å². The summed E-state index contributed by atoms with van der Waals surface area (Å²) in [6.07, 6.45) is 5.15. The van der Waals surface area contributed by atoms with E-state index in [9.17, 15) is 14.4 Å². The molecule has 0 aromatic carbocycles. The number of hydrogen-bond donors (Lipinski definition) is 4. The fraction of sp³-hybridized carbons (Fsp3) is 0.500. The molecular weight excluding hydrogens is 226 g/mol. The van der Waals surface area contributed by atoms with Crippen LogP contribution in [0.2, 0.25) is 0 Å². The number of nitrogens with one attached hydrogen (secondary N) is 2. The molecule has 0 aromatic rings. The lowest BCUT2D eigenvalue weighted by Gasteiger charge is -2.16. The van der Waals surface area contributed by atoms with E-state index in [-0.39, 0.29) is 0 Å². The molecule has 0 aliphatic heterocycles. The average Bonchev–Trinajstić information content (AvgIpc) is 2.24. The Hall–Kier alpha value is -2.23. The molecule has 0 spiro atoms. The maximum atomic E-state index is 11.3. The number of rotatable bonds is 6. The number of carbonyl (C=O) groups excluding carboxylic acids is 2. The number of primary amides is 1. The van der Waals surface area contributed by atoms with Crippen LogP contribution in [0.1, 0.15) is 19.8 Å². The molecule has 0 heterocycles. The first-order valence-corrected chi connectivity index (χ1v) is 4.95. The molecule has 0 aliphatic carbocycles. The van der Waals surface area contributed by atoms with Crippen LogP contribution in [0.25, 0.3) is 0 Å². The molecule has 2 atom stereocenters. The van der Waals surface area contributed by atoms with Crippen LogP contribution in [0.15, 0.2) is 0 Å². The fourth-order valence-electron chi connectivity index (χ4n) is 1.02. The number of amides is 3. The summed E-state index contributed by atoms with van der Waals surface area (Å²) < 4.78 is 0. The van der Waals surface area contributed by atoms with Gasteiger partial charge in [-0.1, -0.05) is 12.8 Å². The van der Waals surface area contributed by atoms with E-state index in [1.54, 1.807) is 6.92 Å². The minimum Gasteiger partial charge on any atom is -0.480 e. The number of carbonyl (C=O) groups is 3. The number of nitrogens with two attached hydrogens (primary N) is 1. The molecule has 94 valence electrons. The monoisotopic (exact) mass is 241 g/mol. The highest BCUT2D eigenvalue weighted by Crippen LogP contribution is 1.93. The maximum absolute atomic E-state index is 11.3. The summed E-state index contributed by atoms with van der Waals surface area (Å²) >= 11 is 0. The Morgan fingerprint density at radius 3 is 2.35 bits per heavy atom. The summed E-state index contributed by atoms with van der Waals surface area (Å²) in [5.74, 6) is 0.157. The van der Waals surface area contributed by atoms with Gasteiger partial charge in [0.1, 0.15) is 6.04 Å². The van der Waals surface area contributed by atoms with Gasteiger partial charge in [0.15, 0.2) is 0 Å². The second-order valence-corrected chi connectivity index (χ2v) is 3.31. The third kappa shape index (κ3) is 6.04. The number of urea groups is 1. The molecular formula is C10H15N3O4. The Morgan fingerprint density at radius 1 is 1.41 bits per heavy atom. The van der Waals surface area contributed by atoms with Crippen molar-refractivity contribution in [3.63, 3.8) is 0 Å².